The zero-order valence-corrected chi connectivity index (χ0v) is 11.2. The van der Waals surface area contributed by atoms with E-state index in [0.717, 1.165) is 6.07 Å². The van der Waals surface area contributed by atoms with Gasteiger partial charge in [0.1, 0.15) is 4.99 Å². The van der Waals surface area contributed by atoms with Crippen LogP contribution in [0.1, 0.15) is 31.9 Å². The number of hydrogen-bond acceptors (Lipinski definition) is 2. The number of hydrogen-bond donors (Lipinski definition) is 2. The second kappa shape index (κ2) is 4.76. The molecular weight excluding hydrogens is 261 g/mol. The van der Waals surface area contributed by atoms with Crippen LogP contribution in [0.2, 0.25) is 0 Å². The van der Waals surface area contributed by atoms with Crippen LogP contribution in [0.25, 0.3) is 0 Å². The lowest BCUT2D eigenvalue weighted by atomic mass is 10.0. The van der Waals surface area contributed by atoms with Gasteiger partial charge in [-0.05, 0) is 39.0 Å². The summed E-state index contributed by atoms with van der Waals surface area (Å²) in [6, 6.07) is 3.69. The van der Waals surface area contributed by atoms with Crippen molar-refractivity contribution in [3.63, 3.8) is 0 Å². The van der Waals surface area contributed by atoms with Crippen molar-refractivity contribution in [1.82, 2.24) is 0 Å². The van der Waals surface area contributed by atoms with Gasteiger partial charge in [-0.3, -0.25) is 0 Å². The third kappa shape index (κ3) is 3.87. The molecule has 0 aromatic heterocycles. The Kier molecular flexibility index (Phi) is 3.90. The van der Waals surface area contributed by atoms with E-state index >= 15 is 0 Å². The van der Waals surface area contributed by atoms with Crippen LogP contribution in [-0.2, 0) is 6.18 Å². The van der Waals surface area contributed by atoms with Gasteiger partial charge in [0.05, 0.1) is 5.56 Å². The molecule has 18 heavy (non-hydrogen) atoms. The number of halogens is 3. The second-order valence-corrected chi connectivity index (χ2v) is 5.44. The van der Waals surface area contributed by atoms with Crippen molar-refractivity contribution in [2.45, 2.75) is 32.5 Å². The van der Waals surface area contributed by atoms with Gasteiger partial charge in [-0.15, -0.1) is 0 Å². The minimum absolute atomic E-state index is 0.160. The summed E-state index contributed by atoms with van der Waals surface area (Å²) in [6.07, 6.45) is -4.46. The van der Waals surface area contributed by atoms with Crippen molar-refractivity contribution < 1.29 is 13.2 Å². The smallest absolute Gasteiger partial charge is 0.389 e. The Hall–Kier alpha value is -1.30. The van der Waals surface area contributed by atoms with E-state index in [2.05, 4.69) is 17.5 Å². The number of anilines is 1. The highest BCUT2D eigenvalue weighted by molar-refractivity contribution is 7.80. The van der Waals surface area contributed by atoms with Crippen molar-refractivity contribution in [3.05, 3.63) is 29.3 Å². The molecule has 0 spiro atoms. The molecule has 0 aliphatic carbocycles. The maximum Gasteiger partial charge on any atom is 0.417 e. The molecular formula is C12H15F3N2S. The lowest BCUT2D eigenvalue weighted by Crippen LogP contribution is -2.26. The average molecular weight is 276 g/mol. The average Bonchev–Trinajstić information content (AvgIpc) is 2.12. The van der Waals surface area contributed by atoms with E-state index in [4.69, 9.17) is 5.73 Å². The largest absolute Gasteiger partial charge is 0.417 e. The molecule has 1 rings (SSSR count). The maximum absolute atomic E-state index is 12.7. The summed E-state index contributed by atoms with van der Waals surface area (Å²) in [4.78, 5) is -0.264. The molecule has 2 nitrogen and oxygen atoms in total. The molecule has 0 aliphatic heterocycles. The molecule has 0 fully saturated rings. The Morgan fingerprint density at radius 2 is 1.78 bits per heavy atom. The SMILES string of the molecule is CC(C)(C)Nc1ccc(C(F)(F)F)c(C(N)=S)c1. The summed E-state index contributed by atoms with van der Waals surface area (Å²) >= 11 is 4.67. The van der Waals surface area contributed by atoms with Crippen LogP contribution in [-0.4, -0.2) is 10.5 Å². The summed E-state index contributed by atoms with van der Waals surface area (Å²) in [5.41, 5.74) is 4.67. The predicted octanol–water partition coefficient (Wildman–Crippen LogP) is 3.55. The fraction of sp³-hybridized carbons (Fsp3) is 0.417. The van der Waals surface area contributed by atoms with Gasteiger partial charge in [-0.1, -0.05) is 12.2 Å². The van der Waals surface area contributed by atoms with E-state index < -0.39 is 11.7 Å². The molecule has 0 saturated carbocycles. The Bertz CT molecular complexity index is 461. The standard InChI is InChI=1S/C12H15F3N2S/c1-11(2,3)17-7-4-5-9(12(13,14)15)8(6-7)10(16)18/h4-6,17H,1-3H3,(H2,16,18). The highest BCUT2D eigenvalue weighted by Gasteiger charge is 2.34. The van der Waals surface area contributed by atoms with Gasteiger partial charge in [-0.2, -0.15) is 13.2 Å². The van der Waals surface area contributed by atoms with Crippen LogP contribution in [0.4, 0.5) is 18.9 Å². The topological polar surface area (TPSA) is 38.0 Å². The minimum atomic E-state index is -4.46. The number of nitrogens with two attached hydrogens (primary N) is 1. The molecule has 0 heterocycles. The number of rotatable bonds is 2. The van der Waals surface area contributed by atoms with Gasteiger partial charge in [0.15, 0.2) is 0 Å². The third-order valence-electron chi connectivity index (χ3n) is 2.11. The van der Waals surface area contributed by atoms with Crippen molar-refractivity contribution in [2.75, 3.05) is 5.32 Å². The van der Waals surface area contributed by atoms with Crippen LogP contribution in [0.15, 0.2) is 18.2 Å². The summed E-state index contributed by atoms with van der Waals surface area (Å²) < 4.78 is 38.2. The molecule has 0 radical (unpaired) electrons. The fourth-order valence-electron chi connectivity index (χ4n) is 1.51. The zero-order chi connectivity index (χ0) is 14.1. The first kappa shape index (κ1) is 14.8. The lowest BCUT2D eigenvalue weighted by Gasteiger charge is -2.23. The molecule has 0 unspecified atom stereocenters. The summed E-state index contributed by atoms with van der Waals surface area (Å²) in [5, 5.41) is 3.07. The first-order valence-electron chi connectivity index (χ1n) is 5.30. The molecule has 0 amide bonds. The number of thiocarbonyl (C=S) groups is 1. The van der Waals surface area contributed by atoms with Gasteiger partial charge in [-0.25, -0.2) is 0 Å². The van der Waals surface area contributed by atoms with Gasteiger partial charge < -0.3 is 11.1 Å². The molecule has 0 aliphatic rings. The number of nitrogens with one attached hydrogen (secondary N) is 1. The Morgan fingerprint density at radius 1 is 1.22 bits per heavy atom. The molecule has 1 aromatic carbocycles. The van der Waals surface area contributed by atoms with Gasteiger partial charge in [0.25, 0.3) is 0 Å². The molecule has 3 N–H and O–H groups in total. The van der Waals surface area contributed by atoms with Gasteiger partial charge in [0, 0.05) is 16.8 Å². The molecule has 6 heteroatoms. The molecule has 0 atom stereocenters. The maximum atomic E-state index is 12.7. The van der Waals surface area contributed by atoms with Crippen LogP contribution >= 0.6 is 12.2 Å². The highest BCUT2D eigenvalue weighted by Crippen LogP contribution is 2.33. The highest BCUT2D eigenvalue weighted by atomic mass is 32.1. The molecule has 100 valence electrons. The quantitative estimate of drug-likeness (QED) is 0.811. The van der Waals surface area contributed by atoms with Crippen molar-refractivity contribution in [2.24, 2.45) is 5.73 Å². The van der Waals surface area contributed by atoms with E-state index in [9.17, 15) is 13.2 Å². The van der Waals surface area contributed by atoms with E-state index in [-0.39, 0.29) is 16.1 Å². The molecule has 0 bridgehead atoms. The van der Waals surface area contributed by atoms with E-state index in [1.54, 1.807) is 0 Å². The minimum Gasteiger partial charge on any atom is -0.389 e. The van der Waals surface area contributed by atoms with Crippen LogP contribution < -0.4 is 11.1 Å². The Labute approximate surface area is 109 Å². The van der Waals surface area contributed by atoms with Crippen molar-refractivity contribution in [3.8, 4) is 0 Å². The molecule has 0 saturated heterocycles. The Morgan fingerprint density at radius 3 is 2.17 bits per heavy atom. The van der Waals surface area contributed by atoms with E-state index in [1.165, 1.54) is 12.1 Å². The van der Waals surface area contributed by atoms with Gasteiger partial charge in [0.2, 0.25) is 0 Å². The fourth-order valence-corrected chi connectivity index (χ4v) is 1.67. The lowest BCUT2D eigenvalue weighted by molar-refractivity contribution is -0.137. The predicted molar refractivity (Wildman–Crippen MR) is 70.7 cm³/mol. The zero-order valence-electron chi connectivity index (χ0n) is 10.4. The normalized spacial score (nSPS) is 12.3. The summed E-state index contributed by atoms with van der Waals surface area (Å²) in [5.74, 6) is 0. The van der Waals surface area contributed by atoms with Gasteiger partial charge >= 0.3 is 6.18 Å². The monoisotopic (exact) mass is 276 g/mol. The molecule has 1 aromatic rings. The van der Waals surface area contributed by atoms with Crippen LogP contribution in [0, 0.1) is 0 Å². The first-order valence-corrected chi connectivity index (χ1v) is 5.71. The van der Waals surface area contributed by atoms with Crippen molar-refractivity contribution >= 4 is 22.9 Å². The van der Waals surface area contributed by atoms with Crippen LogP contribution in [0.3, 0.4) is 0 Å². The number of alkyl halides is 3. The Balaban J connectivity index is 3.24. The van der Waals surface area contributed by atoms with E-state index in [1.807, 2.05) is 20.8 Å². The summed E-state index contributed by atoms with van der Waals surface area (Å²) in [6.45, 7) is 5.72. The second-order valence-electron chi connectivity index (χ2n) is 5.00. The van der Waals surface area contributed by atoms with E-state index in [0.29, 0.717) is 5.69 Å². The number of benzene rings is 1. The summed E-state index contributed by atoms with van der Waals surface area (Å²) in [7, 11) is 0. The van der Waals surface area contributed by atoms with Crippen LogP contribution in [0.5, 0.6) is 0 Å². The first-order chi connectivity index (χ1) is 8.00. The van der Waals surface area contributed by atoms with Crippen molar-refractivity contribution in [1.29, 1.82) is 0 Å². The third-order valence-corrected chi connectivity index (χ3v) is 2.33.